The van der Waals surface area contributed by atoms with Gasteiger partial charge in [-0.2, -0.15) is 0 Å². The molecule has 3 nitrogen and oxygen atoms in total. The van der Waals surface area contributed by atoms with Crippen LogP contribution in [0, 0.1) is 5.82 Å². The van der Waals surface area contributed by atoms with E-state index in [0.717, 1.165) is 18.5 Å². The number of pyridine rings is 2. The third-order valence-corrected chi connectivity index (χ3v) is 3.85. The number of aromatic nitrogens is 2. The predicted octanol–water partition coefficient (Wildman–Crippen LogP) is 2.61. The number of rotatable bonds is 3. The van der Waals surface area contributed by atoms with Gasteiger partial charge in [-0.25, -0.2) is 4.39 Å². The first-order valence-electron chi connectivity index (χ1n) is 6.51. The van der Waals surface area contributed by atoms with Crippen LogP contribution in [-0.4, -0.2) is 17.0 Å². The molecule has 1 aliphatic carbocycles. The summed E-state index contributed by atoms with van der Waals surface area (Å²) < 4.78 is 13.9. The van der Waals surface area contributed by atoms with E-state index in [1.54, 1.807) is 12.3 Å². The molecule has 1 aliphatic rings. The molecule has 0 saturated heterocycles. The Morgan fingerprint density at radius 3 is 3.05 bits per heavy atom. The summed E-state index contributed by atoms with van der Waals surface area (Å²) in [5.41, 5.74) is 3.04. The van der Waals surface area contributed by atoms with Gasteiger partial charge in [-0.05, 0) is 37.6 Å². The van der Waals surface area contributed by atoms with Crippen LogP contribution in [0.5, 0.6) is 0 Å². The van der Waals surface area contributed by atoms with Gasteiger partial charge in [0, 0.05) is 35.6 Å². The Morgan fingerprint density at radius 2 is 2.26 bits per heavy atom. The fourth-order valence-corrected chi connectivity index (χ4v) is 2.98. The van der Waals surface area contributed by atoms with E-state index in [2.05, 4.69) is 21.4 Å². The zero-order valence-corrected chi connectivity index (χ0v) is 10.8. The Hall–Kier alpha value is -1.81. The minimum atomic E-state index is -0.258. The average molecular weight is 257 g/mol. The molecular formula is C15H16FN3. The summed E-state index contributed by atoms with van der Waals surface area (Å²) >= 11 is 0. The van der Waals surface area contributed by atoms with Gasteiger partial charge in [0.2, 0.25) is 0 Å². The third kappa shape index (κ3) is 2.12. The highest BCUT2D eigenvalue weighted by Gasteiger charge is 2.32. The lowest BCUT2D eigenvalue weighted by molar-refractivity contribution is 0.447. The van der Waals surface area contributed by atoms with Gasteiger partial charge < -0.3 is 5.32 Å². The highest BCUT2D eigenvalue weighted by molar-refractivity contribution is 5.33. The normalized spacial score (nSPS) is 19.2. The maximum Gasteiger partial charge on any atom is 0.146 e. The fourth-order valence-electron chi connectivity index (χ4n) is 2.98. The monoisotopic (exact) mass is 257 g/mol. The summed E-state index contributed by atoms with van der Waals surface area (Å²) in [5, 5.41) is 3.23. The summed E-state index contributed by atoms with van der Waals surface area (Å²) in [6, 6.07) is 5.76. The van der Waals surface area contributed by atoms with Crippen molar-refractivity contribution in [2.75, 3.05) is 7.05 Å². The molecule has 0 amide bonds. The maximum atomic E-state index is 13.9. The summed E-state index contributed by atoms with van der Waals surface area (Å²) in [6.07, 6.45) is 6.73. The minimum Gasteiger partial charge on any atom is -0.312 e. The average Bonchev–Trinajstić information content (AvgIpc) is 2.86. The van der Waals surface area contributed by atoms with Crippen LogP contribution in [0.3, 0.4) is 0 Å². The lowest BCUT2D eigenvalue weighted by Crippen LogP contribution is -2.24. The van der Waals surface area contributed by atoms with Crippen molar-refractivity contribution in [3.63, 3.8) is 0 Å². The number of aryl methyl sites for hydroxylation is 1. The van der Waals surface area contributed by atoms with Crippen LogP contribution in [0.25, 0.3) is 0 Å². The molecule has 0 saturated carbocycles. The van der Waals surface area contributed by atoms with Crippen molar-refractivity contribution in [1.82, 2.24) is 15.3 Å². The Labute approximate surface area is 111 Å². The van der Waals surface area contributed by atoms with Crippen molar-refractivity contribution in [1.29, 1.82) is 0 Å². The van der Waals surface area contributed by atoms with Gasteiger partial charge in [0.15, 0.2) is 0 Å². The third-order valence-electron chi connectivity index (χ3n) is 3.85. The van der Waals surface area contributed by atoms with Gasteiger partial charge in [-0.1, -0.05) is 6.07 Å². The van der Waals surface area contributed by atoms with E-state index in [-0.39, 0.29) is 17.8 Å². The SMILES string of the molecule is CNC(c1ccncc1F)C1CCc2cccnc21. The van der Waals surface area contributed by atoms with Crippen LogP contribution in [0.1, 0.15) is 35.2 Å². The summed E-state index contributed by atoms with van der Waals surface area (Å²) in [4.78, 5) is 8.30. The van der Waals surface area contributed by atoms with Gasteiger partial charge in [-0.3, -0.25) is 9.97 Å². The standard InChI is InChI=1S/C15H16FN3/c1-17-15(11-6-8-18-9-13(11)16)12-5-4-10-3-2-7-19-14(10)12/h2-3,6-9,12,15,17H,4-5H2,1H3. The molecule has 0 aliphatic heterocycles. The molecule has 2 aromatic heterocycles. The van der Waals surface area contributed by atoms with E-state index in [0.29, 0.717) is 5.56 Å². The molecule has 19 heavy (non-hydrogen) atoms. The lowest BCUT2D eigenvalue weighted by Gasteiger charge is -2.24. The van der Waals surface area contributed by atoms with Crippen molar-refractivity contribution < 1.29 is 4.39 Å². The zero-order chi connectivity index (χ0) is 13.2. The maximum absolute atomic E-state index is 13.9. The molecule has 1 N–H and O–H groups in total. The van der Waals surface area contributed by atoms with Crippen molar-refractivity contribution >= 4 is 0 Å². The number of nitrogens with one attached hydrogen (secondary N) is 1. The van der Waals surface area contributed by atoms with Gasteiger partial charge in [0.05, 0.1) is 6.20 Å². The Kier molecular flexibility index (Phi) is 3.25. The molecule has 2 unspecified atom stereocenters. The van der Waals surface area contributed by atoms with Crippen LogP contribution in [0.4, 0.5) is 4.39 Å². The molecule has 0 aromatic carbocycles. The topological polar surface area (TPSA) is 37.8 Å². The van der Waals surface area contributed by atoms with E-state index in [4.69, 9.17) is 0 Å². The molecule has 2 aromatic rings. The van der Waals surface area contributed by atoms with Crippen LogP contribution in [0.2, 0.25) is 0 Å². The molecule has 98 valence electrons. The molecule has 4 heteroatoms. The van der Waals surface area contributed by atoms with Crippen LogP contribution in [-0.2, 0) is 6.42 Å². The van der Waals surface area contributed by atoms with Crippen molar-refractivity contribution in [3.05, 3.63) is 59.4 Å². The van der Waals surface area contributed by atoms with Gasteiger partial charge in [-0.15, -0.1) is 0 Å². The van der Waals surface area contributed by atoms with Crippen molar-refractivity contribution in [2.45, 2.75) is 24.8 Å². The second-order valence-corrected chi connectivity index (χ2v) is 4.86. The number of hydrogen-bond donors (Lipinski definition) is 1. The summed E-state index contributed by atoms with van der Waals surface area (Å²) in [6.45, 7) is 0. The molecular weight excluding hydrogens is 241 g/mol. The number of likely N-dealkylation sites (N-methyl/N-ethyl adjacent to an activating group) is 1. The van der Waals surface area contributed by atoms with Crippen molar-refractivity contribution in [3.8, 4) is 0 Å². The van der Waals surface area contributed by atoms with Gasteiger partial charge in [0.1, 0.15) is 5.82 Å². The van der Waals surface area contributed by atoms with Crippen LogP contribution in [0.15, 0.2) is 36.8 Å². The first-order valence-corrected chi connectivity index (χ1v) is 6.51. The van der Waals surface area contributed by atoms with E-state index in [1.165, 1.54) is 11.8 Å². The molecule has 0 radical (unpaired) electrons. The molecule has 0 bridgehead atoms. The van der Waals surface area contributed by atoms with E-state index < -0.39 is 0 Å². The van der Waals surface area contributed by atoms with E-state index in [9.17, 15) is 4.39 Å². The van der Waals surface area contributed by atoms with Gasteiger partial charge >= 0.3 is 0 Å². The molecule has 0 spiro atoms. The molecule has 2 atom stereocenters. The second kappa shape index (κ2) is 5.05. The minimum absolute atomic E-state index is 0.0563. The quantitative estimate of drug-likeness (QED) is 0.918. The Balaban J connectivity index is 1.99. The highest BCUT2D eigenvalue weighted by atomic mass is 19.1. The van der Waals surface area contributed by atoms with Gasteiger partial charge in [0.25, 0.3) is 0 Å². The fraction of sp³-hybridized carbons (Fsp3) is 0.333. The Morgan fingerprint density at radius 1 is 1.37 bits per heavy atom. The predicted molar refractivity (Wildman–Crippen MR) is 71.3 cm³/mol. The first-order chi connectivity index (χ1) is 9.31. The largest absolute Gasteiger partial charge is 0.312 e. The second-order valence-electron chi connectivity index (χ2n) is 4.86. The van der Waals surface area contributed by atoms with Crippen LogP contribution < -0.4 is 5.32 Å². The zero-order valence-electron chi connectivity index (χ0n) is 10.8. The summed E-state index contributed by atoms with van der Waals surface area (Å²) in [7, 11) is 1.87. The number of nitrogens with zero attached hydrogens (tertiary/aromatic N) is 2. The smallest absolute Gasteiger partial charge is 0.146 e. The Bertz CT molecular complexity index is 585. The number of fused-ring (bicyclic) bond motifs is 1. The number of halogens is 1. The van der Waals surface area contributed by atoms with E-state index in [1.807, 2.05) is 19.3 Å². The van der Waals surface area contributed by atoms with Crippen molar-refractivity contribution in [2.24, 2.45) is 0 Å². The molecule has 2 heterocycles. The summed E-state index contributed by atoms with van der Waals surface area (Å²) in [5.74, 6) is -0.0377. The highest BCUT2D eigenvalue weighted by Crippen LogP contribution is 2.40. The van der Waals surface area contributed by atoms with Crippen LogP contribution >= 0.6 is 0 Å². The number of hydrogen-bond acceptors (Lipinski definition) is 3. The lowest BCUT2D eigenvalue weighted by atomic mass is 9.91. The van der Waals surface area contributed by atoms with E-state index >= 15 is 0 Å². The molecule has 3 rings (SSSR count). The molecule has 0 fully saturated rings. The first kappa shape index (κ1) is 12.2.